The van der Waals surface area contributed by atoms with Gasteiger partial charge in [0.2, 0.25) is 10.0 Å². The summed E-state index contributed by atoms with van der Waals surface area (Å²) in [6.45, 7) is 0.329. The van der Waals surface area contributed by atoms with Crippen molar-refractivity contribution >= 4 is 21.6 Å². The third-order valence-electron chi connectivity index (χ3n) is 2.00. The Balaban J connectivity index is 2.69. The van der Waals surface area contributed by atoms with Crippen LogP contribution in [0.15, 0.2) is 18.2 Å². The Morgan fingerprint density at radius 1 is 1.44 bits per heavy atom. The number of nitrogens with one attached hydrogen (secondary N) is 1. The van der Waals surface area contributed by atoms with Gasteiger partial charge in [0.25, 0.3) is 0 Å². The molecule has 90 valence electrons. The molecule has 4 nitrogen and oxygen atoms in total. The summed E-state index contributed by atoms with van der Waals surface area (Å²) in [5.74, 6) is 0.708. The van der Waals surface area contributed by atoms with Gasteiger partial charge in [0.05, 0.1) is 13.4 Å². The topological polar surface area (TPSA) is 55.4 Å². The van der Waals surface area contributed by atoms with E-state index in [1.54, 1.807) is 25.3 Å². The van der Waals surface area contributed by atoms with Crippen molar-refractivity contribution in [1.29, 1.82) is 0 Å². The lowest BCUT2D eigenvalue weighted by atomic mass is 10.1. The lowest BCUT2D eigenvalue weighted by Gasteiger charge is -2.08. The van der Waals surface area contributed by atoms with Crippen LogP contribution in [0.2, 0.25) is 5.02 Å². The number of halogens is 1. The van der Waals surface area contributed by atoms with Crippen molar-refractivity contribution in [3.05, 3.63) is 28.8 Å². The van der Waals surface area contributed by atoms with E-state index in [0.29, 0.717) is 23.7 Å². The first-order valence-corrected chi connectivity index (χ1v) is 6.96. The summed E-state index contributed by atoms with van der Waals surface area (Å²) in [4.78, 5) is 0. The van der Waals surface area contributed by atoms with Crippen LogP contribution in [0.3, 0.4) is 0 Å². The third-order valence-corrected chi connectivity index (χ3v) is 2.96. The molecule has 1 N–H and O–H groups in total. The molecule has 16 heavy (non-hydrogen) atoms. The van der Waals surface area contributed by atoms with Gasteiger partial charge in [0, 0.05) is 11.6 Å². The van der Waals surface area contributed by atoms with Gasteiger partial charge in [-0.15, -0.1) is 0 Å². The molecule has 0 unspecified atom stereocenters. The second kappa shape index (κ2) is 5.52. The third kappa shape index (κ3) is 4.38. The van der Waals surface area contributed by atoms with Gasteiger partial charge in [-0.2, -0.15) is 0 Å². The van der Waals surface area contributed by atoms with Crippen LogP contribution >= 0.6 is 11.6 Å². The fraction of sp³-hybridized carbons (Fsp3) is 0.400. The maximum absolute atomic E-state index is 10.9. The minimum Gasteiger partial charge on any atom is -0.496 e. The highest BCUT2D eigenvalue weighted by Crippen LogP contribution is 2.22. The normalized spacial score (nSPS) is 11.4. The Bertz CT molecular complexity index is 459. The number of benzene rings is 1. The minimum atomic E-state index is -3.15. The fourth-order valence-corrected chi connectivity index (χ4v) is 1.98. The monoisotopic (exact) mass is 263 g/mol. The highest BCUT2D eigenvalue weighted by atomic mass is 35.5. The van der Waals surface area contributed by atoms with E-state index in [-0.39, 0.29) is 0 Å². The van der Waals surface area contributed by atoms with E-state index in [1.807, 2.05) is 0 Å². The number of sulfonamides is 1. The molecule has 0 radical (unpaired) electrons. The number of methoxy groups -OCH3 is 1. The number of rotatable bonds is 5. The zero-order valence-corrected chi connectivity index (χ0v) is 10.7. The van der Waals surface area contributed by atoms with E-state index >= 15 is 0 Å². The Kier molecular flexibility index (Phi) is 4.58. The van der Waals surface area contributed by atoms with Crippen LogP contribution < -0.4 is 9.46 Å². The molecule has 0 bridgehead atoms. The van der Waals surface area contributed by atoms with Crippen molar-refractivity contribution in [2.75, 3.05) is 19.9 Å². The van der Waals surface area contributed by atoms with Crippen molar-refractivity contribution in [2.24, 2.45) is 0 Å². The first-order chi connectivity index (χ1) is 7.42. The fourth-order valence-electron chi connectivity index (χ4n) is 1.31. The van der Waals surface area contributed by atoms with Crippen molar-refractivity contribution < 1.29 is 13.2 Å². The standard InChI is InChI=1S/C10H14ClNO3S/c1-15-10-4-3-9(11)7-8(10)5-6-12-16(2,13)14/h3-4,7,12H,5-6H2,1-2H3. The molecule has 1 rings (SSSR count). The van der Waals surface area contributed by atoms with E-state index in [9.17, 15) is 8.42 Å². The molecule has 0 aliphatic carbocycles. The van der Waals surface area contributed by atoms with Gasteiger partial charge in [-0.25, -0.2) is 13.1 Å². The summed E-state index contributed by atoms with van der Waals surface area (Å²) in [7, 11) is -1.58. The van der Waals surface area contributed by atoms with Gasteiger partial charge in [0.15, 0.2) is 0 Å². The van der Waals surface area contributed by atoms with Gasteiger partial charge in [-0.05, 0) is 30.2 Å². The van der Waals surface area contributed by atoms with Crippen LogP contribution in [0.1, 0.15) is 5.56 Å². The predicted octanol–water partition coefficient (Wildman–Crippen LogP) is 1.44. The smallest absolute Gasteiger partial charge is 0.208 e. The SMILES string of the molecule is COc1ccc(Cl)cc1CCNS(C)(=O)=O. The lowest BCUT2D eigenvalue weighted by molar-refractivity contribution is 0.409. The molecule has 0 fully saturated rings. The number of ether oxygens (including phenoxy) is 1. The summed E-state index contributed by atoms with van der Waals surface area (Å²) in [5, 5.41) is 0.607. The van der Waals surface area contributed by atoms with Crippen LogP contribution in [-0.2, 0) is 16.4 Å². The van der Waals surface area contributed by atoms with Crippen LogP contribution in [0.25, 0.3) is 0 Å². The van der Waals surface area contributed by atoms with Crippen LogP contribution in [0.4, 0.5) is 0 Å². The molecule has 0 heterocycles. The van der Waals surface area contributed by atoms with E-state index in [0.717, 1.165) is 11.8 Å². The summed E-state index contributed by atoms with van der Waals surface area (Å²) in [5.41, 5.74) is 0.881. The van der Waals surface area contributed by atoms with Gasteiger partial charge < -0.3 is 4.74 Å². The Labute approximate surface area is 101 Å². The molecule has 0 atom stereocenters. The largest absolute Gasteiger partial charge is 0.496 e. The van der Waals surface area contributed by atoms with Crippen LogP contribution in [0.5, 0.6) is 5.75 Å². The van der Waals surface area contributed by atoms with Gasteiger partial charge in [-0.1, -0.05) is 11.6 Å². The van der Waals surface area contributed by atoms with Gasteiger partial charge in [0.1, 0.15) is 5.75 Å². The average Bonchev–Trinajstić information content (AvgIpc) is 2.16. The van der Waals surface area contributed by atoms with Crippen LogP contribution in [0, 0.1) is 0 Å². The highest BCUT2D eigenvalue weighted by Gasteiger charge is 2.05. The van der Waals surface area contributed by atoms with Crippen molar-refractivity contribution in [2.45, 2.75) is 6.42 Å². The predicted molar refractivity (Wildman–Crippen MR) is 64.6 cm³/mol. The van der Waals surface area contributed by atoms with E-state index < -0.39 is 10.0 Å². The van der Waals surface area contributed by atoms with Gasteiger partial charge in [-0.3, -0.25) is 0 Å². The molecule has 0 spiro atoms. The molecule has 0 saturated carbocycles. The summed E-state index contributed by atoms with van der Waals surface area (Å²) in [6, 6.07) is 5.26. The van der Waals surface area contributed by atoms with E-state index in [2.05, 4.69) is 4.72 Å². The second-order valence-electron chi connectivity index (χ2n) is 3.37. The molecule has 0 aromatic heterocycles. The van der Waals surface area contributed by atoms with E-state index in [4.69, 9.17) is 16.3 Å². The summed E-state index contributed by atoms with van der Waals surface area (Å²) < 4.78 is 29.3. The molecule has 1 aromatic carbocycles. The molecule has 0 aliphatic rings. The minimum absolute atomic E-state index is 0.329. The summed E-state index contributed by atoms with van der Waals surface area (Å²) >= 11 is 5.85. The Hall–Kier alpha value is -0.780. The number of hydrogen-bond acceptors (Lipinski definition) is 3. The molecule has 0 amide bonds. The molecular formula is C10H14ClNO3S. The Morgan fingerprint density at radius 2 is 2.12 bits per heavy atom. The zero-order valence-electron chi connectivity index (χ0n) is 9.16. The molecule has 0 saturated heterocycles. The number of hydrogen-bond donors (Lipinski definition) is 1. The quantitative estimate of drug-likeness (QED) is 0.875. The van der Waals surface area contributed by atoms with Crippen molar-refractivity contribution in [3.8, 4) is 5.75 Å². The first-order valence-electron chi connectivity index (χ1n) is 4.69. The lowest BCUT2D eigenvalue weighted by Crippen LogP contribution is -2.24. The Morgan fingerprint density at radius 3 is 2.69 bits per heavy atom. The molecule has 1 aromatic rings. The highest BCUT2D eigenvalue weighted by molar-refractivity contribution is 7.88. The first kappa shape index (κ1) is 13.3. The summed E-state index contributed by atoms with van der Waals surface area (Å²) in [6.07, 6.45) is 1.67. The molecule has 0 aliphatic heterocycles. The molecule has 6 heteroatoms. The zero-order chi connectivity index (χ0) is 12.2. The van der Waals surface area contributed by atoms with E-state index in [1.165, 1.54) is 0 Å². The molecular weight excluding hydrogens is 250 g/mol. The van der Waals surface area contributed by atoms with Crippen LogP contribution in [-0.4, -0.2) is 28.3 Å². The second-order valence-corrected chi connectivity index (χ2v) is 5.64. The van der Waals surface area contributed by atoms with Crippen molar-refractivity contribution in [3.63, 3.8) is 0 Å². The van der Waals surface area contributed by atoms with Gasteiger partial charge >= 0.3 is 0 Å². The van der Waals surface area contributed by atoms with Crippen molar-refractivity contribution in [1.82, 2.24) is 4.72 Å². The average molecular weight is 264 g/mol. The maximum atomic E-state index is 10.9. The maximum Gasteiger partial charge on any atom is 0.208 e.